The number of hydrogen-bond acceptors (Lipinski definition) is 5. The Kier molecular flexibility index (Phi) is 6.60. The topological polar surface area (TPSA) is 73.9 Å². The number of aryl methyl sites for hydroxylation is 3. The lowest BCUT2D eigenvalue weighted by molar-refractivity contribution is -0.149. The molecule has 138 valence electrons. The monoisotopic (exact) mass is 357 g/mol. The van der Waals surface area contributed by atoms with Crippen molar-refractivity contribution in [2.45, 2.75) is 20.8 Å². The van der Waals surface area contributed by atoms with Gasteiger partial charge in [-0.1, -0.05) is 29.8 Å². The molecule has 0 heterocycles. The molecule has 2 aromatic carbocycles. The summed E-state index contributed by atoms with van der Waals surface area (Å²) in [5.41, 5.74) is 3.54. The quantitative estimate of drug-likeness (QED) is 0.771. The van der Waals surface area contributed by atoms with Gasteiger partial charge in [0.25, 0.3) is 5.91 Å². The molecule has 0 aliphatic rings. The van der Waals surface area contributed by atoms with Crippen LogP contribution in [0.15, 0.2) is 36.4 Å². The average molecular weight is 357 g/mol. The fourth-order valence-electron chi connectivity index (χ4n) is 2.65. The minimum atomic E-state index is -0.612. The van der Waals surface area contributed by atoms with E-state index in [9.17, 15) is 9.59 Å². The molecule has 2 aromatic rings. The molecular weight excluding hydrogens is 334 g/mol. The molecule has 0 atom stereocenters. The summed E-state index contributed by atoms with van der Waals surface area (Å²) in [6, 6.07) is 10.9. The maximum atomic E-state index is 11.9. The van der Waals surface area contributed by atoms with Gasteiger partial charge in [-0.3, -0.25) is 4.79 Å². The first-order valence-electron chi connectivity index (χ1n) is 8.20. The second kappa shape index (κ2) is 8.89. The SMILES string of the molecule is COc1ccccc1NC(=O)COC(=O)COc1c(C)cc(C)cc1C. The van der Waals surface area contributed by atoms with Crippen molar-refractivity contribution in [1.29, 1.82) is 0 Å². The van der Waals surface area contributed by atoms with Gasteiger partial charge in [0.1, 0.15) is 11.5 Å². The van der Waals surface area contributed by atoms with Crippen molar-refractivity contribution in [3.05, 3.63) is 53.1 Å². The molecule has 0 aromatic heterocycles. The highest BCUT2D eigenvalue weighted by Gasteiger charge is 2.12. The smallest absolute Gasteiger partial charge is 0.344 e. The summed E-state index contributed by atoms with van der Waals surface area (Å²) in [6.07, 6.45) is 0. The van der Waals surface area contributed by atoms with Crippen LogP contribution in [-0.2, 0) is 14.3 Å². The summed E-state index contributed by atoms with van der Waals surface area (Å²) in [5, 5.41) is 2.63. The summed E-state index contributed by atoms with van der Waals surface area (Å²) in [4.78, 5) is 23.8. The molecule has 1 amide bonds. The van der Waals surface area contributed by atoms with Crippen LogP contribution in [0.1, 0.15) is 16.7 Å². The zero-order chi connectivity index (χ0) is 19.1. The van der Waals surface area contributed by atoms with Crippen LogP contribution in [0.2, 0.25) is 0 Å². The number of ether oxygens (including phenoxy) is 3. The molecule has 0 bridgehead atoms. The van der Waals surface area contributed by atoms with Gasteiger partial charge in [-0.2, -0.15) is 0 Å². The number of carbonyl (C=O) groups is 2. The van der Waals surface area contributed by atoms with E-state index in [1.54, 1.807) is 24.3 Å². The van der Waals surface area contributed by atoms with E-state index >= 15 is 0 Å². The zero-order valence-electron chi connectivity index (χ0n) is 15.4. The highest BCUT2D eigenvalue weighted by Crippen LogP contribution is 2.24. The first kappa shape index (κ1) is 19.3. The number of rotatable bonds is 7. The highest BCUT2D eigenvalue weighted by atomic mass is 16.6. The first-order chi connectivity index (χ1) is 12.4. The van der Waals surface area contributed by atoms with E-state index in [2.05, 4.69) is 5.32 Å². The van der Waals surface area contributed by atoms with Gasteiger partial charge in [0, 0.05) is 0 Å². The summed E-state index contributed by atoms with van der Waals surface area (Å²) in [7, 11) is 1.51. The van der Waals surface area contributed by atoms with Gasteiger partial charge in [0.15, 0.2) is 13.2 Å². The molecule has 2 rings (SSSR count). The third-order valence-corrected chi connectivity index (χ3v) is 3.68. The third-order valence-electron chi connectivity index (χ3n) is 3.68. The molecule has 0 fully saturated rings. The summed E-state index contributed by atoms with van der Waals surface area (Å²) in [5.74, 6) is 0.122. The van der Waals surface area contributed by atoms with E-state index in [0.29, 0.717) is 17.2 Å². The minimum Gasteiger partial charge on any atom is -0.495 e. The zero-order valence-corrected chi connectivity index (χ0v) is 15.4. The van der Waals surface area contributed by atoms with Crippen LogP contribution in [0.5, 0.6) is 11.5 Å². The lowest BCUT2D eigenvalue weighted by Crippen LogP contribution is -2.24. The second-order valence-corrected chi connectivity index (χ2v) is 5.93. The number of carbonyl (C=O) groups excluding carboxylic acids is 2. The lowest BCUT2D eigenvalue weighted by atomic mass is 10.1. The standard InChI is InChI=1S/C20H23NO5/c1-13-9-14(2)20(15(3)10-13)26-12-19(23)25-11-18(22)21-16-7-5-6-8-17(16)24-4/h5-10H,11-12H2,1-4H3,(H,21,22). The number of para-hydroxylation sites is 2. The molecular formula is C20H23NO5. The van der Waals surface area contributed by atoms with Crippen molar-refractivity contribution in [3.63, 3.8) is 0 Å². The fraction of sp³-hybridized carbons (Fsp3) is 0.300. The number of esters is 1. The Bertz CT molecular complexity index is 778. The molecule has 0 saturated carbocycles. The van der Waals surface area contributed by atoms with Crippen molar-refractivity contribution >= 4 is 17.6 Å². The predicted molar refractivity (Wildman–Crippen MR) is 98.7 cm³/mol. The molecule has 0 unspecified atom stereocenters. The minimum absolute atomic E-state index is 0.257. The Morgan fingerprint density at radius 3 is 2.31 bits per heavy atom. The maximum Gasteiger partial charge on any atom is 0.344 e. The Hall–Kier alpha value is -3.02. The van der Waals surface area contributed by atoms with Gasteiger partial charge in [0.05, 0.1) is 12.8 Å². The van der Waals surface area contributed by atoms with Crippen LogP contribution >= 0.6 is 0 Å². The Morgan fingerprint density at radius 1 is 1.00 bits per heavy atom. The fourth-order valence-corrected chi connectivity index (χ4v) is 2.65. The van der Waals surface area contributed by atoms with Crippen LogP contribution in [0.25, 0.3) is 0 Å². The molecule has 1 N–H and O–H groups in total. The molecule has 0 aliphatic carbocycles. The van der Waals surface area contributed by atoms with Gasteiger partial charge >= 0.3 is 5.97 Å². The van der Waals surface area contributed by atoms with Crippen molar-refractivity contribution in [2.75, 3.05) is 25.6 Å². The number of methoxy groups -OCH3 is 1. The third kappa shape index (κ3) is 5.24. The number of amides is 1. The van der Waals surface area contributed by atoms with Gasteiger partial charge in [-0.15, -0.1) is 0 Å². The number of anilines is 1. The second-order valence-electron chi connectivity index (χ2n) is 5.93. The molecule has 6 heteroatoms. The largest absolute Gasteiger partial charge is 0.495 e. The normalized spacial score (nSPS) is 10.2. The van der Waals surface area contributed by atoms with Crippen LogP contribution < -0.4 is 14.8 Å². The van der Waals surface area contributed by atoms with Crippen molar-refractivity contribution < 1.29 is 23.8 Å². The van der Waals surface area contributed by atoms with Crippen LogP contribution in [0, 0.1) is 20.8 Å². The van der Waals surface area contributed by atoms with E-state index in [-0.39, 0.29) is 6.61 Å². The molecule has 0 radical (unpaired) electrons. The number of nitrogens with one attached hydrogen (secondary N) is 1. The molecule has 26 heavy (non-hydrogen) atoms. The molecule has 6 nitrogen and oxygen atoms in total. The van der Waals surface area contributed by atoms with Gasteiger partial charge in [-0.25, -0.2) is 4.79 Å². The van der Waals surface area contributed by atoms with Gasteiger partial charge in [-0.05, 0) is 44.0 Å². The van der Waals surface area contributed by atoms with E-state index in [4.69, 9.17) is 14.2 Å². The van der Waals surface area contributed by atoms with Crippen molar-refractivity contribution in [3.8, 4) is 11.5 Å². The summed E-state index contributed by atoms with van der Waals surface area (Å²) >= 11 is 0. The average Bonchev–Trinajstić information content (AvgIpc) is 2.59. The van der Waals surface area contributed by atoms with Crippen molar-refractivity contribution in [1.82, 2.24) is 0 Å². The predicted octanol–water partition coefficient (Wildman–Crippen LogP) is 3.18. The maximum absolute atomic E-state index is 11.9. The van der Waals surface area contributed by atoms with Crippen LogP contribution in [0.3, 0.4) is 0 Å². The number of benzene rings is 2. The van der Waals surface area contributed by atoms with E-state index in [0.717, 1.165) is 16.7 Å². The molecule has 0 aliphatic heterocycles. The van der Waals surface area contributed by atoms with Gasteiger partial charge < -0.3 is 19.5 Å². The van der Waals surface area contributed by atoms with E-state index < -0.39 is 18.5 Å². The highest BCUT2D eigenvalue weighted by molar-refractivity contribution is 5.94. The van der Waals surface area contributed by atoms with E-state index in [1.807, 2.05) is 32.9 Å². The molecule has 0 saturated heterocycles. The Balaban J connectivity index is 1.82. The lowest BCUT2D eigenvalue weighted by Gasteiger charge is -2.13. The van der Waals surface area contributed by atoms with E-state index in [1.165, 1.54) is 7.11 Å². The summed E-state index contributed by atoms with van der Waals surface area (Å²) in [6.45, 7) is 5.18. The van der Waals surface area contributed by atoms with Crippen LogP contribution in [-0.4, -0.2) is 32.2 Å². The molecule has 0 spiro atoms. The van der Waals surface area contributed by atoms with Crippen molar-refractivity contribution in [2.24, 2.45) is 0 Å². The number of hydrogen-bond donors (Lipinski definition) is 1. The first-order valence-corrected chi connectivity index (χ1v) is 8.20. The van der Waals surface area contributed by atoms with Crippen LogP contribution in [0.4, 0.5) is 5.69 Å². The Labute approximate surface area is 153 Å². The Morgan fingerprint density at radius 2 is 1.65 bits per heavy atom. The summed E-state index contributed by atoms with van der Waals surface area (Å²) < 4.78 is 15.7. The van der Waals surface area contributed by atoms with Gasteiger partial charge in [0.2, 0.25) is 0 Å².